The molecular formula is C29H35BrCl2F4N4O2. The molecule has 0 N–H and O–H groups in total. The van der Waals surface area contributed by atoms with Crippen molar-refractivity contribution in [2.75, 3.05) is 52.9 Å². The lowest BCUT2D eigenvalue weighted by molar-refractivity contribution is -0.137. The second kappa shape index (κ2) is 14.2. The second-order valence-electron chi connectivity index (χ2n) is 11.1. The summed E-state index contributed by atoms with van der Waals surface area (Å²) < 4.78 is 53.8. The van der Waals surface area contributed by atoms with Crippen molar-refractivity contribution in [2.24, 2.45) is 0 Å². The topological polar surface area (TPSA) is 47.1 Å². The molecule has 3 aliphatic rings. The van der Waals surface area contributed by atoms with E-state index in [4.69, 9.17) is 0 Å². The maximum atomic E-state index is 13.6. The molecule has 0 aliphatic carbocycles. The Labute approximate surface area is 264 Å². The van der Waals surface area contributed by atoms with E-state index in [9.17, 15) is 27.2 Å². The van der Waals surface area contributed by atoms with Gasteiger partial charge in [0.25, 0.3) is 5.91 Å². The number of benzene rings is 2. The van der Waals surface area contributed by atoms with Gasteiger partial charge in [0.15, 0.2) is 0 Å². The highest BCUT2D eigenvalue weighted by Crippen LogP contribution is 2.33. The molecular weight excluding hydrogens is 663 g/mol. The van der Waals surface area contributed by atoms with E-state index in [2.05, 4.69) is 25.7 Å². The normalized spacial score (nSPS) is 20.3. The Morgan fingerprint density at radius 2 is 1.74 bits per heavy atom. The van der Waals surface area contributed by atoms with Crippen LogP contribution in [0.25, 0.3) is 0 Å². The lowest BCUT2D eigenvalue weighted by atomic mass is 9.93. The van der Waals surface area contributed by atoms with Gasteiger partial charge in [0, 0.05) is 80.8 Å². The fraction of sp³-hybridized carbons (Fsp3) is 0.517. The monoisotopic (exact) mass is 696 g/mol. The SMILES string of the molecule is CN(C[C@@H](CCN1CC(N2CCN3C(=O)CC[C@@H]3C2)C1)c1ccc(F)cc1)C(=O)c1cc(Br)cc(C(F)(F)F)c1.Cl.Cl. The minimum absolute atomic E-state index is 0. The first-order valence-corrected chi connectivity index (χ1v) is 14.4. The molecule has 2 amide bonds. The van der Waals surface area contributed by atoms with Gasteiger partial charge in [-0.2, -0.15) is 13.2 Å². The van der Waals surface area contributed by atoms with Crippen molar-refractivity contribution in [2.45, 2.75) is 43.4 Å². The Morgan fingerprint density at radius 3 is 2.40 bits per heavy atom. The van der Waals surface area contributed by atoms with Crippen LogP contribution in [-0.2, 0) is 11.0 Å². The third kappa shape index (κ3) is 7.96. The molecule has 6 nitrogen and oxygen atoms in total. The van der Waals surface area contributed by atoms with E-state index in [0.29, 0.717) is 24.9 Å². The molecule has 0 unspecified atom stereocenters. The van der Waals surface area contributed by atoms with E-state index < -0.39 is 17.6 Å². The number of likely N-dealkylation sites (tertiary alicyclic amines) is 1. The zero-order valence-corrected chi connectivity index (χ0v) is 26.4. The Hall–Kier alpha value is -1.92. The largest absolute Gasteiger partial charge is 0.416 e. The third-order valence-corrected chi connectivity index (χ3v) is 8.89. The molecule has 3 heterocycles. The summed E-state index contributed by atoms with van der Waals surface area (Å²) in [4.78, 5) is 33.5. The Balaban J connectivity index is 0.00000242. The van der Waals surface area contributed by atoms with Crippen molar-refractivity contribution in [1.29, 1.82) is 0 Å². The van der Waals surface area contributed by atoms with Crippen LogP contribution in [0, 0.1) is 5.82 Å². The number of hydrogen-bond donors (Lipinski definition) is 0. The fourth-order valence-corrected chi connectivity index (χ4v) is 6.62. The lowest BCUT2D eigenvalue weighted by Crippen LogP contribution is -2.64. The molecule has 2 aromatic carbocycles. The summed E-state index contributed by atoms with van der Waals surface area (Å²) in [5.74, 6) is -0.699. The summed E-state index contributed by atoms with van der Waals surface area (Å²) >= 11 is 3.09. The summed E-state index contributed by atoms with van der Waals surface area (Å²) in [6, 6.07) is 10.2. The first-order valence-electron chi connectivity index (χ1n) is 13.6. The standard InChI is InChI=1S/C29H33BrF4N4O2.2ClH/c1-35(28(40)21-12-22(29(32,33)34)14-23(30)13-21)15-20(19-2-4-24(31)5-3-19)8-9-36-16-26(17-36)37-10-11-38-25(18-37)6-7-27(38)39;;/h2-5,12-14,20,25-26H,6-11,15-18H2,1H3;2*1H/t20-,25-;;/m1../s1. The summed E-state index contributed by atoms with van der Waals surface area (Å²) in [5, 5.41) is 0. The minimum atomic E-state index is -4.56. The van der Waals surface area contributed by atoms with Crippen LogP contribution in [0.5, 0.6) is 0 Å². The quantitative estimate of drug-likeness (QED) is 0.333. The summed E-state index contributed by atoms with van der Waals surface area (Å²) in [6.45, 7) is 5.58. The number of nitrogens with zero attached hydrogens (tertiary/aromatic N) is 4. The number of carbonyl (C=O) groups excluding carboxylic acids is 2. The molecule has 3 fully saturated rings. The van der Waals surface area contributed by atoms with Gasteiger partial charge in [-0.15, -0.1) is 24.8 Å². The van der Waals surface area contributed by atoms with Crippen LogP contribution in [0.1, 0.15) is 46.7 Å². The van der Waals surface area contributed by atoms with Crippen LogP contribution >= 0.6 is 40.7 Å². The van der Waals surface area contributed by atoms with Gasteiger partial charge in [-0.3, -0.25) is 14.5 Å². The predicted octanol–water partition coefficient (Wildman–Crippen LogP) is 5.69. The zero-order valence-electron chi connectivity index (χ0n) is 23.2. The van der Waals surface area contributed by atoms with Crippen LogP contribution < -0.4 is 0 Å². The van der Waals surface area contributed by atoms with E-state index in [1.807, 2.05) is 4.90 Å². The molecule has 0 bridgehead atoms. The van der Waals surface area contributed by atoms with Crippen LogP contribution in [0.15, 0.2) is 46.9 Å². The van der Waals surface area contributed by atoms with E-state index in [0.717, 1.165) is 63.4 Å². The van der Waals surface area contributed by atoms with E-state index in [1.54, 1.807) is 19.2 Å². The zero-order chi connectivity index (χ0) is 28.6. The molecule has 0 radical (unpaired) electrons. The minimum Gasteiger partial charge on any atom is -0.341 e. The summed E-state index contributed by atoms with van der Waals surface area (Å²) in [5.41, 5.74) is -0.0518. The predicted molar refractivity (Wildman–Crippen MR) is 161 cm³/mol. The first kappa shape index (κ1) is 34.6. The summed E-state index contributed by atoms with van der Waals surface area (Å²) in [6.07, 6.45) is -2.25. The fourth-order valence-electron chi connectivity index (χ4n) is 6.12. The second-order valence-corrected chi connectivity index (χ2v) is 12.1. The molecule has 0 aromatic heterocycles. The van der Waals surface area contributed by atoms with Crippen molar-refractivity contribution in [1.82, 2.24) is 19.6 Å². The first-order chi connectivity index (χ1) is 19.0. The van der Waals surface area contributed by atoms with Crippen molar-refractivity contribution in [3.63, 3.8) is 0 Å². The van der Waals surface area contributed by atoms with Gasteiger partial charge in [0.2, 0.25) is 5.91 Å². The van der Waals surface area contributed by atoms with Gasteiger partial charge in [0.1, 0.15) is 5.82 Å². The molecule has 5 rings (SSSR count). The van der Waals surface area contributed by atoms with Crippen LogP contribution in [0.3, 0.4) is 0 Å². The molecule has 13 heteroatoms. The van der Waals surface area contributed by atoms with Crippen molar-refractivity contribution in [3.05, 3.63) is 69.4 Å². The van der Waals surface area contributed by atoms with Gasteiger partial charge in [0.05, 0.1) is 5.56 Å². The number of fused-ring (bicyclic) bond motifs is 1. The number of alkyl halides is 3. The molecule has 2 atom stereocenters. The van der Waals surface area contributed by atoms with Crippen molar-refractivity contribution in [3.8, 4) is 0 Å². The Morgan fingerprint density at radius 1 is 1.05 bits per heavy atom. The van der Waals surface area contributed by atoms with Gasteiger partial charge < -0.3 is 14.7 Å². The van der Waals surface area contributed by atoms with E-state index >= 15 is 0 Å². The number of rotatable bonds is 8. The van der Waals surface area contributed by atoms with Gasteiger partial charge in [-0.25, -0.2) is 4.39 Å². The number of piperazine rings is 1. The average Bonchev–Trinajstić information content (AvgIpc) is 3.26. The molecule has 0 spiro atoms. The maximum absolute atomic E-state index is 13.6. The highest BCUT2D eigenvalue weighted by molar-refractivity contribution is 9.10. The van der Waals surface area contributed by atoms with Crippen molar-refractivity contribution >= 4 is 52.6 Å². The number of likely N-dealkylation sites (N-methyl/N-ethyl adjacent to an activating group) is 1. The van der Waals surface area contributed by atoms with Gasteiger partial charge >= 0.3 is 6.18 Å². The number of carbonyl (C=O) groups is 2. The molecule has 42 heavy (non-hydrogen) atoms. The lowest BCUT2D eigenvalue weighted by Gasteiger charge is -2.49. The van der Waals surface area contributed by atoms with Gasteiger partial charge in [-0.05, 0) is 55.3 Å². The molecule has 0 saturated carbocycles. The Bertz CT molecular complexity index is 1250. The van der Waals surface area contributed by atoms with Gasteiger partial charge in [-0.1, -0.05) is 28.1 Å². The smallest absolute Gasteiger partial charge is 0.341 e. The third-order valence-electron chi connectivity index (χ3n) is 8.43. The molecule has 232 valence electrons. The number of amides is 2. The maximum Gasteiger partial charge on any atom is 0.416 e. The average molecular weight is 698 g/mol. The Kier molecular flexibility index (Phi) is 11.7. The van der Waals surface area contributed by atoms with Crippen molar-refractivity contribution < 1.29 is 27.2 Å². The summed E-state index contributed by atoms with van der Waals surface area (Å²) in [7, 11) is 1.58. The van der Waals surface area contributed by atoms with E-state index in [-0.39, 0.29) is 59.0 Å². The number of hydrogen-bond acceptors (Lipinski definition) is 4. The van der Waals surface area contributed by atoms with Crippen LogP contribution in [-0.4, -0.2) is 96.4 Å². The van der Waals surface area contributed by atoms with Crippen LogP contribution in [0.2, 0.25) is 0 Å². The molecule has 3 saturated heterocycles. The molecule has 2 aromatic rings. The van der Waals surface area contributed by atoms with E-state index in [1.165, 1.54) is 23.1 Å². The molecule has 3 aliphatic heterocycles. The highest BCUT2D eigenvalue weighted by Gasteiger charge is 2.40. The number of halogens is 7. The highest BCUT2D eigenvalue weighted by atomic mass is 79.9. The van der Waals surface area contributed by atoms with Crippen LogP contribution in [0.4, 0.5) is 17.6 Å².